The molecule has 0 atom stereocenters. The average molecular weight is 512 g/mol. The van der Waals surface area contributed by atoms with Crippen LogP contribution in [0.3, 0.4) is 0 Å². The number of aliphatic carboxylic acids is 1. The SMILES string of the molecule is O=C(O)C1CCN(CCOc2ccc(C3CCC4(CC3)OOC3(O4)C4CC5CC(C4)CC3C5)cc2)CC1. The van der Waals surface area contributed by atoms with Gasteiger partial charge in [-0.1, -0.05) is 12.1 Å². The zero-order valence-electron chi connectivity index (χ0n) is 21.8. The number of hydrogen-bond donors (Lipinski definition) is 1. The maximum atomic E-state index is 11.1. The molecule has 2 saturated heterocycles. The molecule has 5 saturated carbocycles. The van der Waals surface area contributed by atoms with Crippen LogP contribution in [0.15, 0.2) is 24.3 Å². The molecule has 0 aromatic heterocycles. The Labute approximate surface area is 219 Å². The summed E-state index contributed by atoms with van der Waals surface area (Å²) in [7, 11) is 0. The Morgan fingerprint density at radius 2 is 1.57 bits per heavy atom. The van der Waals surface area contributed by atoms with Crippen LogP contribution >= 0.6 is 0 Å². The van der Waals surface area contributed by atoms with E-state index in [1.54, 1.807) is 0 Å². The minimum Gasteiger partial charge on any atom is -0.492 e. The van der Waals surface area contributed by atoms with E-state index in [-0.39, 0.29) is 5.92 Å². The number of carboxylic acid groups (broad SMARTS) is 1. The van der Waals surface area contributed by atoms with Crippen molar-refractivity contribution in [3.63, 3.8) is 0 Å². The summed E-state index contributed by atoms with van der Waals surface area (Å²) in [6.45, 7) is 3.14. The van der Waals surface area contributed by atoms with Crippen molar-refractivity contribution in [2.75, 3.05) is 26.2 Å². The molecule has 1 aromatic rings. The fourth-order valence-corrected chi connectivity index (χ4v) is 8.72. The maximum absolute atomic E-state index is 11.1. The second kappa shape index (κ2) is 9.51. The second-order valence-corrected chi connectivity index (χ2v) is 12.9. The lowest BCUT2D eigenvalue weighted by atomic mass is 9.53. The first-order chi connectivity index (χ1) is 18.0. The van der Waals surface area contributed by atoms with Gasteiger partial charge in [-0.25, -0.2) is 0 Å². The summed E-state index contributed by atoms with van der Waals surface area (Å²) < 4.78 is 12.9. The van der Waals surface area contributed by atoms with Crippen LogP contribution in [0.2, 0.25) is 0 Å². The lowest BCUT2D eigenvalue weighted by molar-refractivity contribution is -0.390. The monoisotopic (exact) mass is 511 g/mol. The number of ether oxygens (including phenoxy) is 2. The van der Waals surface area contributed by atoms with Gasteiger partial charge in [-0.3, -0.25) is 9.69 Å². The summed E-state index contributed by atoms with van der Waals surface area (Å²) in [4.78, 5) is 25.7. The Hall–Kier alpha value is -1.67. The molecule has 7 nitrogen and oxygen atoms in total. The number of carboxylic acids is 1. The van der Waals surface area contributed by atoms with Gasteiger partial charge in [-0.2, -0.15) is 9.78 Å². The van der Waals surface area contributed by atoms with Gasteiger partial charge in [-0.05, 0) is 106 Å². The summed E-state index contributed by atoms with van der Waals surface area (Å²) in [5, 5.41) is 9.15. The number of benzene rings is 1. The molecule has 7 aliphatic rings. The highest BCUT2D eigenvalue weighted by Crippen LogP contribution is 2.64. The first-order valence-electron chi connectivity index (χ1n) is 14.8. The smallest absolute Gasteiger partial charge is 0.306 e. The molecule has 1 aromatic carbocycles. The quantitative estimate of drug-likeness (QED) is 0.516. The summed E-state index contributed by atoms with van der Waals surface area (Å²) in [5.41, 5.74) is 1.36. The number of rotatable bonds is 6. The summed E-state index contributed by atoms with van der Waals surface area (Å²) in [5.74, 6) is 2.36. The van der Waals surface area contributed by atoms with Crippen LogP contribution in [0.4, 0.5) is 0 Å². The van der Waals surface area contributed by atoms with Gasteiger partial charge in [-0.15, -0.1) is 0 Å². The van der Waals surface area contributed by atoms with E-state index < -0.39 is 17.5 Å². The first-order valence-corrected chi connectivity index (χ1v) is 14.8. The van der Waals surface area contributed by atoms with Gasteiger partial charge < -0.3 is 14.6 Å². The molecule has 2 spiro atoms. The Morgan fingerprint density at radius 3 is 2.19 bits per heavy atom. The Kier molecular flexibility index (Phi) is 6.26. The van der Waals surface area contributed by atoms with E-state index in [2.05, 4.69) is 29.2 Å². The summed E-state index contributed by atoms with van der Waals surface area (Å²) in [6, 6.07) is 8.60. The highest BCUT2D eigenvalue weighted by atomic mass is 17.3. The number of hydrogen-bond acceptors (Lipinski definition) is 6. The van der Waals surface area contributed by atoms with E-state index in [1.165, 1.54) is 37.7 Å². The predicted molar refractivity (Wildman–Crippen MR) is 136 cm³/mol. The molecule has 5 aliphatic carbocycles. The predicted octanol–water partition coefficient (Wildman–Crippen LogP) is 5.35. The fraction of sp³-hybridized carbons (Fsp3) is 0.767. The number of nitrogens with zero attached hydrogens (tertiary/aromatic N) is 1. The van der Waals surface area contributed by atoms with E-state index in [9.17, 15) is 4.79 Å². The number of carbonyl (C=O) groups is 1. The van der Waals surface area contributed by atoms with Crippen molar-refractivity contribution in [3.05, 3.63) is 29.8 Å². The molecule has 202 valence electrons. The topological polar surface area (TPSA) is 77.5 Å². The first kappa shape index (κ1) is 24.4. The van der Waals surface area contributed by atoms with Crippen LogP contribution < -0.4 is 4.74 Å². The van der Waals surface area contributed by atoms with Gasteiger partial charge in [0.05, 0.1) is 5.92 Å². The molecule has 2 aliphatic heterocycles. The van der Waals surface area contributed by atoms with Crippen molar-refractivity contribution in [1.29, 1.82) is 0 Å². The van der Waals surface area contributed by atoms with Gasteiger partial charge in [0.15, 0.2) is 0 Å². The van der Waals surface area contributed by atoms with E-state index in [4.69, 9.17) is 24.4 Å². The molecular weight excluding hydrogens is 470 g/mol. The molecule has 1 N–H and O–H groups in total. The van der Waals surface area contributed by atoms with Gasteiger partial charge in [0.25, 0.3) is 0 Å². The van der Waals surface area contributed by atoms with Crippen LogP contribution in [-0.2, 0) is 19.3 Å². The summed E-state index contributed by atoms with van der Waals surface area (Å²) in [6.07, 6.45) is 11.8. The van der Waals surface area contributed by atoms with Crippen LogP contribution in [0.1, 0.15) is 82.1 Å². The molecule has 8 rings (SSSR count). The minimum absolute atomic E-state index is 0.183. The normalized spacial score (nSPS) is 41.6. The summed E-state index contributed by atoms with van der Waals surface area (Å²) >= 11 is 0. The van der Waals surface area contributed by atoms with Crippen LogP contribution in [0, 0.1) is 29.6 Å². The lowest BCUT2D eigenvalue weighted by Gasteiger charge is -2.57. The molecule has 4 bridgehead atoms. The van der Waals surface area contributed by atoms with Gasteiger partial charge >= 0.3 is 5.97 Å². The van der Waals surface area contributed by atoms with Crippen molar-refractivity contribution in [1.82, 2.24) is 4.90 Å². The Morgan fingerprint density at radius 1 is 0.919 bits per heavy atom. The van der Waals surface area contributed by atoms with Crippen molar-refractivity contribution in [2.24, 2.45) is 29.6 Å². The van der Waals surface area contributed by atoms with Crippen molar-refractivity contribution < 1.29 is 29.1 Å². The van der Waals surface area contributed by atoms with Crippen LogP contribution in [0.25, 0.3) is 0 Å². The van der Waals surface area contributed by atoms with Crippen LogP contribution in [-0.4, -0.2) is 53.8 Å². The third kappa shape index (κ3) is 4.50. The zero-order valence-corrected chi connectivity index (χ0v) is 21.8. The average Bonchev–Trinajstić information content (AvgIpc) is 3.28. The van der Waals surface area contributed by atoms with Gasteiger partial charge in [0.2, 0.25) is 11.6 Å². The van der Waals surface area contributed by atoms with E-state index in [0.717, 1.165) is 75.7 Å². The molecule has 7 heteroatoms. The third-order valence-corrected chi connectivity index (χ3v) is 10.7. The lowest BCUT2D eigenvalue weighted by Crippen LogP contribution is -2.59. The minimum atomic E-state index is -0.660. The van der Waals surface area contributed by atoms with Crippen molar-refractivity contribution in [2.45, 2.75) is 88.1 Å². The molecule has 0 radical (unpaired) electrons. The molecule has 0 unspecified atom stereocenters. The fourth-order valence-electron chi connectivity index (χ4n) is 8.72. The zero-order chi connectivity index (χ0) is 25.0. The standard InChI is InChI=1S/C30H41NO6/c32-28(33)24-7-11-31(12-8-24)13-14-34-27-3-1-22(2-4-27)23-5-9-29(10-6-23)35-30(37-36-29)25-16-20-15-21(18-25)19-26(30)17-20/h1-4,20-21,23-26H,5-19H2,(H,32,33). The third-order valence-electron chi connectivity index (χ3n) is 10.7. The highest BCUT2D eigenvalue weighted by molar-refractivity contribution is 5.70. The van der Waals surface area contributed by atoms with E-state index >= 15 is 0 Å². The number of piperidine rings is 1. The molecule has 37 heavy (non-hydrogen) atoms. The second-order valence-electron chi connectivity index (χ2n) is 12.9. The van der Waals surface area contributed by atoms with E-state index in [0.29, 0.717) is 24.4 Å². The van der Waals surface area contributed by atoms with Crippen molar-refractivity contribution >= 4 is 5.97 Å². The van der Waals surface area contributed by atoms with Crippen LogP contribution in [0.5, 0.6) is 5.75 Å². The largest absolute Gasteiger partial charge is 0.492 e. The molecule has 2 heterocycles. The Balaban J connectivity index is 0.888. The highest BCUT2D eigenvalue weighted by Gasteiger charge is 2.66. The van der Waals surface area contributed by atoms with E-state index in [1.807, 2.05) is 0 Å². The maximum Gasteiger partial charge on any atom is 0.306 e. The van der Waals surface area contributed by atoms with Crippen molar-refractivity contribution in [3.8, 4) is 5.75 Å². The molecular formula is C30H41NO6. The Bertz CT molecular complexity index is 950. The number of likely N-dealkylation sites (tertiary alicyclic amines) is 1. The van der Waals surface area contributed by atoms with Gasteiger partial charge in [0, 0.05) is 31.2 Å². The molecule has 0 amide bonds. The molecule has 7 fully saturated rings. The van der Waals surface area contributed by atoms with Gasteiger partial charge in [0.1, 0.15) is 12.4 Å².